The van der Waals surface area contributed by atoms with Crippen molar-refractivity contribution in [2.45, 2.75) is 25.3 Å². The standard InChI is InChI=1S/C13H18N2O.C8H8O3/c1-14-9-13(16)15-12-8-4-6-10-5-2-3-7-11(10)12;9-4-5-11-8-3-1-2-7(10)6-8/h2-3,5,7,12,14H,4,6,8-9H2,1H3,(H,15,16);1-4,6,10H,5H2. The highest BCUT2D eigenvalue weighted by atomic mass is 16.5. The van der Waals surface area contributed by atoms with Crippen LogP contribution < -0.4 is 15.4 Å². The molecular formula is C21H26N2O4. The van der Waals surface area contributed by atoms with Crippen LogP contribution in [0.2, 0.25) is 0 Å². The van der Waals surface area contributed by atoms with E-state index in [-0.39, 0.29) is 24.3 Å². The molecule has 2 aromatic carbocycles. The smallest absolute Gasteiger partial charge is 0.234 e. The van der Waals surface area contributed by atoms with Gasteiger partial charge in [0.2, 0.25) is 5.91 Å². The molecule has 1 unspecified atom stereocenters. The number of benzene rings is 2. The molecule has 6 heteroatoms. The molecule has 1 atom stereocenters. The van der Waals surface area contributed by atoms with E-state index in [1.54, 1.807) is 19.2 Å². The van der Waals surface area contributed by atoms with Crippen LogP contribution in [0.25, 0.3) is 0 Å². The fourth-order valence-corrected chi connectivity index (χ4v) is 3.01. The Labute approximate surface area is 159 Å². The molecule has 144 valence electrons. The Kier molecular flexibility index (Phi) is 8.32. The Bertz CT molecular complexity index is 748. The Balaban J connectivity index is 0.000000208. The zero-order chi connectivity index (χ0) is 19.5. The molecule has 1 aliphatic carbocycles. The number of hydrogen-bond acceptors (Lipinski definition) is 5. The van der Waals surface area contributed by atoms with Gasteiger partial charge in [0.15, 0.2) is 6.29 Å². The van der Waals surface area contributed by atoms with Gasteiger partial charge in [-0.3, -0.25) is 9.59 Å². The van der Waals surface area contributed by atoms with Gasteiger partial charge in [0.05, 0.1) is 12.6 Å². The van der Waals surface area contributed by atoms with E-state index < -0.39 is 0 Å². The van der Waals surface area contributed by atoms with Crippen molar-refractivity contribution >= 4 is 12.2 Å². The third-order valence-corrected chi connectivity index (χ3v) is 4.18. The highest BCUT2D eigenvalue weighted by Gasteiger charge is 2.20. The molecule has 6 nitrogen and oxygen atoms in total. The van der Waals surface area contributed by atoms with Gasteiger partial charge in [-0.15, -0.1) is 0 Å². The lowest BCUT2D eigenvalue weighted by Crippen LogP contribution is -2.36. The second kappa shape index (κ2) is 11.0. The van der Waals surface area contributed by atoms with Gasteiger partial charge >= 0.3 is 0 Å². The van der Waals surface area contributed by atoms with Crippen LogP contribution in [0.1, 0.15) is 30.0 Å². The molecule has 2 aromatic rings. The average Bonchev–Trinajstić information content (AvgIpc) is 2.67. The van der Waals surface area contributed by atoms with Crippen LogP contribution in [0, 0.1) is 0 Å². The molecule has 27 heavy (non-hydrogen) atoms. The summed E-state index contributed by atoms with van der Waals surface area (Å²) >= 11 is 0. The predicted octanol–water partition coefficient (Wildman–Crippen LogP) is 2.37. The first-order valence-corrected chi connectivity index (χ1v) is 9.01. The highest BCUT2D eigenvalue weighted by Crippen LogP contribution is 2.29. The van der Waals surface area contributed by atoms with Crippen LogP contribution in [0.5, 0.6) is 11.5 Å². The summed E-state index contributed by atoms with van der Waals surface area (Å²) in [6, 6.07) is 14.9. The second-order valence-electron chi connectivity index (χ2n) is 6.22. The number of rotatable bonds is 6. The average molecular weight is 370 g/mol. The van der Waals surface area contributed by atoms with E-state index in [2.05, 4.69) is 28.8 Å². The van der Waals surface area contributed by atoms with Gasteiger partial charge in [0.25, 0.3) is 0 Å². The van der Waals surface area contributed by atoms with E-state index in [9.17, 15) is 9.59 Å². The minimum atomic E-state index is 0.0173. The van der Waals surface area contributed by atoms with E-state index in [1.165, 1.54) is 23.3 Å². The van der Waals surface area contributed by atoms with Crippen molar-refractivity contribution < 1.29 is 19.4 Å². The maximum atomic E-state index is 11.5. The largest absolute Gasteiger partial charge is 0.508 e. The molecule has 0 saturated carbocycles. The van der Waals surface area contributed by atoms with Crippen molar-refractivity contribution in [2.75, 3.05) is 20.2 Å². The fraction of sp³-hybridized carbons (Fsp3) is 0.333. The zero-order valence-corrected chi connectivity index (χ0v) is 15.5. The predicted molar refractivity (Wildman–Crippen MR) is 104 cm³/mol. The first-order valence-electron chi connectivity index (χ1n) is 9.01. The Hall–Kier alpha value is -2.86. The summed E-state index contributed by atoms with van der Waals surface area (Å²) in [7, 11) is 1.79. The maximum Gasteiger partial charge on any atom is 0.234 e. The Morgan fingerprint density at radius 3 is 2.81 bits per heavy atom. The van der Waals surface area contributed by atoms with Crippen molar-refractivity contribution in [1.82, 2.24) is 10.6 Å². The fourth-order valence-electron chi connectivity index (χ4n) is 3.01. The first-order chi connectivity index (χ1) is 13.1. The normalized spacial score (nSPS) is 14.9. The van der Waals surface area contributed by atoms with E-state index in [1.807, 2.05) is 6.07 Å². The SMILES string of the molecule is CNCC(=O)NC1CCCc2ccccc21.O=CCOc1cccc(O)c1. The number of aldehydes is 1. The van der Waals surface area contributed by atoms with Crippen LogP contribution >= 0.6 is 0 Å². The molecule has 0 radical (unpaired) electrons. The summed E-state index contributed by atoms with van der Waals surface area (Å²) < 4.78 is 4.91. The van der Waals surface area contributed by atoms with Gasteiger partial charge in [0.1, 0.15) is 18.1 Å². The first kappa shape index (κ1) is 20.5. The van der Waals surface area contributed by atoms with Crippen LogP contribution in [-0.2, 0) is 16.0 Å². The summed E-state index contributed by atoms with van der Waals surface area (Å²) in [5.74, 6) is 0.703. The van der Waals surface area contributed by atoms with Gasteiger partial charge in [0, 0.05) is 6.07 Å². The number of hydrogen-bond donors (Lipinski definition) is 3. The third kappa shape index (κ3) is 6.75. The van der Waals surface area contributed by atoms with Crippen LogP contribution in [0.3, 0.4) is 0 Å². The quantitative estimate of drug-likeness (QED) is 0.680. The number of nitrogens with one attached hydrogen (secondary N) is 2. The van der Waals surface area contributed by atoms with E-state index >= 15 is 0 Å². The molecule has 0 fully saturated rings. The Morgan fingerprint density at radius 1 is 1.26 bits per heavy atom. The van der Waals surface area contributed by atoms with Crippen molar-refractivity contribution in [2.24, 2.45) is 0 Å². The lowest BCUT2D eigenvalue weighted by molar-refractivity contribution is -0.121. The summed E-state index contributed by atoms with van der Waals surface area (Å²) in [6.07, 6.45) is 3.99. The second-order valence-corrected chi connectivity index (χ2v) is 6.22. The number of phenolic OH excluding ortho intramolecular Hbond substituents is 1. The van der Waals surface area contributed by atoms with Crippen LogP contribution in [0.4, 0.5) is 0 Å². The lowest BCUT2D eigenvalue weighted by atomic mass is 9.88. The topological polar surface area (TPSA) is 87.7 Å². The molecule has 0 saturated heterocycles. The maximum absolute atomic E-state index is 11.5. The molecule has 0 aliphatic heterocycles. The number of aryl methyl sites for hydroxylation is 1. The number of fused-ring (bicyclic) bond motifs is 1. The van der Waals surface area contributed by atoms with Crippen molar-refractivity contribution in [3.8, 4) is 11.5 Å². The zero-order valence-electron chi connectivity index (χ0n) is 15.5. The number of likely N-dealkylation sites (N-methyl/N-ethyl adjacent to an activating group) is 1. The number of phenols is 1. The number of aromatic hydroxyl groups is 1. The Morgan fingerprint density at radius 2 is 2.07 bits per heavy atom. The molecule has 0 bridgehead atoms. The molecule has 1 amide bonds. The molecule has 0 aromatic heterocycles. The number of amides is 1. The third-order valence-electron chi connectivity index (χ3n) is 4.18. The molecule has 3 rings (SSSR count). The highest BCUT2D eigenvalue weighted by molar-refractivity contribution is 5.78. The van der Waals surface area contributed by atoms with Crippen molar-refractivity contribution in [3.63, 3.8) is 0 Å². The van der Waals surface area contributed by atoms with Crippen LogP contribution in [0.15, 0.2) is 48.5 Å². The summed E-state index contributed by atoms with van der Waals surface area (Å²) in [4.78, 5) is 21.4. The molecule has 3 N–H and O–H groups in total. The van der Waals surface area contributed by atoms with Crippen molar-refractivity contribution in [1.29, 1.82) is 0 Å². The van der Waals surface area contributed by atoms with Gasteiger partial charge in [-0.1, -0.05) is 30.3 Å². The summed E-state index contributed by atoms with van der Waals surface area (Å²) in [5, 5.41) is 14.9. The number of carbonyl (C=O) groups is 2. The van der Waals surface area contributed by atoms with Gasteiger partial charge in [-0.2, -0.15) is 0 Å². The van der Waals surface area contributed by atoms with Crippen molar-refractivity contribution in [3.05, 3.63) is 59.7 Å². The van der Waals surface area contributed by atoms with Crippen LogP contribution in [-0.4, -0.2) is 37.5 Å². The number of carbonyl (C=O) groups excluding carboxylic acids is 2. The van der Waals surface area contributed by atoms with Gasteiger partial charge in [-0.05, 0) is 49.6 Å². The van der Waals surface area contributed by atoms with Gasteiger partial charge in [-0.25, -0.2) is 0 Å². The lowest BCUT2D eigenvalue weighted by Gasteiger charge is -2.26. The molecule has 0 heterocycles. The summed E-state index contributed by atoms with van der Waals surface area (Å²) in [6.45, 7) is 0.405. The van der Waals surface area contributed by atoms with E-state index in [0.717, 1.165) is 19.3 Å². The minimum Gasteiger partial charge on any atom is -0.508 e. The van der Waals surface area contributed by atoms with Gasteiger partial charge < -0.3 is 20.5 Å². The monoisotopic (exact) mass is 370 g/mol. The number of ether oxygens (including phenoxy) is 1. The summed E-state index contributed by atoms with van der Waals surface area (Å²) in [5.41, 5.74) is 2.67. The van der Waals surface area contributed by atoms with E-state index in [0.29, 0.717) is 18.6 Å². The molecular weight excluding hydrogens is 344 g/mol. The molecule has 0 spiro atoms. The van der Waals surface area contributed by atoms with E-state index in [4.69, 9.17) is 9.84 Å². The minimum absolute atomic E-state index is 0.0173. The molecule has 1 aliphatic rings.